The van der Waals surface area contributed by atoms with Crippen molar-refractivity contribution in [2.45, 2.75) is 0 Å². The summed E-state index contributed by atoms with van der Waals surface area (Å²) < 4.78 is 26.7. The highest BCUT2D eigenvalue weighted by molar-refractivity contribution is 9.10. The second-order valence-electron chi connectivity index (χ2n) is 3.44. The Labute approximate surface area is 110 Å². The number of carbonyl (C=O) groups is 1. The summed E-state index contributed by atoms with van der Waals surface area (Å²) in [4.78, 5) is 15.6. The van der Waals surface area contributed by atoms with Crippen molar-refractivity contribution in [3.63, 3.8) is 0 Å². The minimum absolute atomic E-state index is 0.0916. The summed E-state index contributed by atoms with van der Waals surface area (Å²) in [6.45, 7) is 0. The molecule has 0 saturated heterocycles. The van der Waals surface area contributed by atoms with Gasteiger partial charge < -0.3 is 5.32 Å². The van der Waals surface area contributed by atoms with E-state index >= 15 is 0 Å². The molecule has 1 heterocycles. The fourth-order valence-electron chi connectivity index (χ4n) is 1.29. The fraction of sp³-hybridized carbons (Fsp3) is 0. The minimum Gasteiger partial charge on any atom is -0.318 e. The molecule has 1 aromatic heterocycles. The van der Waals surface area contributed by atoms with Gasteiger partial charge in [0.25, 0.3) is 5.91 Å². The first-order valence-electron chi connectivity index (χ1n) is 4.94. The molecule has 1 N–H and O–H groups in total. The SMILES string of the molecule is O=C(Nc1ccc(F)cc1F)c1ccc(Br)cn1. The van der Waals surface area contributed by atoms with Crippen molar-refractivity contribution in [1.82, 2.24) is 4.98 Å². The molecule has 3 nitrogen and oxygen atoms in total. The molecule has 0 aliphatic rings. The Balaban J connectivity index is 2.18. The van der Waals surface area contributed by atoms with Crippen molar-refractivity contribution >= 4 is 27.5 Å². The number of amides is 1. The molecule has 0 aliphatic heterocycles. The van der Waals surface area contributed by atoms with Crippen molar-refractivity contribution in [3.8, 4) is 0 Å². The van der Waals surface area contributed by atoms with E-state index in [-0.39, 0.29) is 11.4 Å². The van der Waals surface area contributed by atoms with Gasteiger partial charge in [0.1, 0.15) is 17.3 Å². The van der Waals surface area contributed by atoms with Crippen LogP contribution in [0, 0.1) is 11.6 Å². The molecule has 6 heteroatoms. The van der Waals surface area contributed by atoms with E-state index < -0.39 is 17.5 Å². The third kappa shape index (κ3) is 2.89. The predicted octanol–water partition coefficient (Wildman–Crippen LogP) is 3.37. The van der Waals surface area contributed by atoms with Crippen molar-refractivity contribution in [3.05, 3.63) is 58.3 Å². The van der Waals surface area contributed by atoms with E-state index in [1.165, 1.54) is 12.3 Å². The van der Waals surface area contributed by atoms with E-state index in [0.29, 0.717) is 6.07 Å². The summed E-state index contributed by atoms with van der Waals surface area (Å²) in [6.07, 6.45) is 1.45. The lowest BCUT2D eigenvalue weighted by molar-refractivity contribution is 0.102. The first kappa shape index (κ1) is 12.6. The molecule has 0 unspecified atom stereocenters. The molecule has 2 aromatic rings. The standard InChI is InChI=1S/C12H7BrF2N2O/c13-7-1-3-11(16-6-7)12(18)17-10-4-2-8(14)5-9(10)15/h1-6H,(H,17,18). The van der Waals surface area contributed by atoms with Crippen LogP contribution < -0.4 is 5.32 Å². The van der Waals surface area contributed by atoms with Gasteiger partial charge in [0.05, 0.1) is 5.69 Å². The Hall–Kier alpha value is -1.82. The van der Waals surface area contributed by atoms with Gasteiger partial charge in [0, 0.05) is 16.7 Å². The molecule has 0 aliphatic carbocycles. The van der Waals surface area contributed by atoms with E-state index in [4.69, 9.17) is 0 Å². The smallest absolute Gasteiger partial charge is 0.274 e. The number of anilines is 1. The average molecular weight is 313 g/mol. The van der Waals surface area contributed by atoms with Crippen LogP contribution in [-0.4, -0.2) is 10.9 Å². The van der Waals surface area contributed by atoms with Crippen LogP contribution in [0.1, 0.15) is 10.5 Å². The van der Waals surface area contributed by atoms with Gasteiger partial charge in [-0.25, -0.2) is 13.8 Å². The monoisotopic (exact) mass is 312 g/mol. The minimum atomic E-state index is -0.833. The average Bonchev–Trinajstić information content (AvgIpc) is 2.33. The maximum Gasteiger partial charge on any atom is 0.274 e. The van der Waals surface area contributed by atoms with Crippen molar-refractivity contribution < 1.29 is 13.6 Å². The van der Waals surface area contributed by atoms with Crippen LogP contribution in [0.25, 0.3) is 0 Å². The molecule has 1 aromatic carbocycles. The van der Waals surface area contributed by atoms with Gasteiger partial charge in [-0.15, -0.1) is 0 Å². The van der Waals surface area contributed by atoms with E-state index in [2.05, 4.69) is 26.2 Å². The number of aromatic nitrogens is 1. The number of benzene rings is 1. The zero-order valence-electron chi connectivity index (χ0n) is 8.95. The largest absolute Gasteiger partial charge is 0.318 e. The van der Waals surface area contributed by atoms with E-state index in [1.807, 2.05) is 0 Å². The Morgan fingerprint density at radius 3 is 2.61 bits per heavy atom. The number of pyridine rings is 1. The van der Waals surface area contributed by atoms with Gasteiger partial charge in [0.2, 0.25) is 0 Å². The maximum absolute atomic E-state index is 13.3. The highest BCUT2D eigenvalue weighted by Gasteiger charge is 2.10. The summed E-state index contributed by atoms with van der Waals surface area (Å²) in [5.74, 6) is -2.10. The molecule has 2 rings (SSSR count). The van der Waals surface area contributed by atoms with Crippen LogP contribution >= 0.6 is 15.9 Å². The molecule has 18 heavy (non-hydrogen) atoms. The van der Waals surface area contributed by atoms with Crippen molar-refractivity contribution in [2.75, 3.05) is 5.32 Å². The lowest BCUT2D eigenvalue weighted by Crippen LogP contribution is -2.14. The van der Waals surface area contributed by atoms with E-state index in [0.717, 1.165) is 16.6 Å². The molecule has 0 fully saturated rings. The van der Waals surface area contributed by atoms with E-state index in [1.54, 1.807) is 6.07 Å². The third-order valence-corrected chi connectivity index (χ3v) is 2.61. The molecule has 0 saturated carbocycles. The Bertz CT molecular complexity index is 587. The molecule has 0 radical (unpaired) electrons. The number of nitrogens with one attached hydrogen (secondary N) is 1. The van der Waals surface area contributed by atoms with Gasteiger partial charge in [0.15, 0.2) is 0 Å². The second-order valence-corrected chi connectivity index (χ2v) is 4.36. The van der Waals surface area contributed by atoms with Crippen LogP contribution in [0.15, 0.2) is 41.0 Å². The maximum atomic E-state index is 13.3. The zero-order chi connectivity index (χ0) is 13.1. The first-order chi connectivity index (χ1) is 8.56. The number of halogens is 3. The molecule has 0 bridgehead atoms. The van der Waals surface area contributed by atoms with Gasteiger partial charge in [-0.05, 0) is 40.2 Å². The van der Waals surface area contributed by atoms with Crippen LogP contribution in [0.5, 0.6) is 0 Å². The summed E-state index contributed by atoms with van der Waals surface area (Å²) in [5, 5.41) is 2.31. The second kappa shape index (κ2) is 5.22. The highest BCUT2D eigenvalue weighted by Crippen LogP contribution is 2.16. The molecular weight excluding hydrogens is 306 g/mol. The molecular formula is C12H7BrF2N2O. The Morgan fingerprint density at radius 1 is 1.22 bits per heavy atom. The van der Waals surface area contributed by atoms with Crippen molar-refractivity contribution in [1.29, 1.82) is 0 Å². The number of nitrogens with zero attached hydrogens (tertiary/aromatic N) is 1. The predicted molar refractivity (Wildman–Crippen MR) is 66.2 cm³/mol. The van der Waals surface area contributed by atoms with Gasteiger partial charge in [-0.3, -0.25) is 4.79 Å². The molecule has 0 spiro atoms. The van der Waals surface area contributed by atoms with Crippen LogP contribution in [0.4, 0.5) is 14.5 Å². The normalized spacial score (nSPS) is 10.2. The topological polar surface area (TPSA) is 42.0 Å². The van der Waals surface area contributed by atoms with Crippen LogP contribution in [-0.2, 0) is 0 Å². The van der Waals surface area contributed by atoms with Gasteiger partial charge >= 0.3 is 0 Å². The summed E-state index contributed by atoms with van der Waals surface area (Å²) >= 11 is 3.19. The van der Waals surface area contributed by atoms with Gasteiger partial charge in [-0.2, -0.15) is 0 Å². The summed E-state index contributed by atoms with van der Waals surface area (Å²) in [7, 11) is 0. The number of hydrogen-bond donors (Lipinski definition) is 1. The number of hydrogen-bond acceptors (Lipinski definition) is 2. The quantitative estimate of drug-likeness (QED) is 0.923. The van der Waals surface area contributed by atoms with Gasteiger partial charge in [-0.1, -0.05) is 0 Å². The number of rotatable bonds is 2. The van der Waals surface area contributed by atoms with Crippen molar-refractivity contribution in [2.24, 2.45) is 0 Å². The molecule has 1 amide bonds. The Morgan fingerprint density at radius 2 is 2.00 bits per heavy atom. The summed E-state index contributed by atoms with van der Waals surface area (Å²) in [6, 6.07) is 6.05. The van der Waals surface area contributed by atoms with Crippen LogP contribution in [0.3, 0.4) is 0 Å². The van der Waals surface area contributed by atoms with Crippen LogP contribution in [0.2, 0.25) is 0 Å². The van der Waals surface area contributed by atoms with E-state index in [9.17, 15) is 13.6 Å². The Kier molecular flexibility index (Phi) is 3.66. The molecule has 0 atom stereocenters. The molecule has 92 valence electrons. The third-order valence-electron chi connectivity index (χ3n) is 2.14. The fourth-order valence-corrected chi connectivity index (χ4v) is 1.52. The number of carbonyl (C=O) groups excluding carboxylic acids is 1. The summed E-state index contributed by atoms with van der Waals surface area (Å²) in [5.41, 5.74) is 0.0491. The first-order valence-corrected chi connectivity index (χ1v) is 5.73. The highest BCUT2D eigenvalue weighted by atomic mass is 79.9. The zero-order valence-corrected chi connectivity index (χ0v) is 10.5. The lowest BCUT2D eigenvalue weighted by atomic mass is 10.2. The lowest BCUT2D eigenvalue weighted by Gasteiger charge is -2.05.